The summed E-state index contributed by atoms with van der Waals surface area (Å²) in [5.41, 5.74) is 0. The molecule has 0 aliphatic rings. The van der Waals surface area contributed by atoms with Gasteiger partial charge in [-0.05, 0) is 12.8 Å². The Morgan fingerprint density at radius 3 is 1.30 bits per heavy atom. The van der Waals surface area contributed by atoms with Crippen LogP contribution in [-0.2, 0) is 4.79 Å². The highest BCUT2D eigenvalue weighted by Crippen LogP contribution is 2.13. The smallest absolute Gasteiger partial charge is 0.245 e. The Hall–Kier alpha value is -0.570. The van der Waals surface area contributed by atoms with E-state index in [1.165, 1.54) is 96.3 Å². The fraction of sp³-hybridized carbons (Fsp3) is 0.958. The number of hydrogen-bond acceptors (Lipinski definition) is 2. The van der Waals surface area contributed by atoms with Crippen molar-refractivity contribution in [3.8, 4) is 0 Å². The van der Waals surface area contributed by atoms with Gasteiger partial charge in [-0.3, -0.25) is 10.0 Å². The van der Waals surface area contributed by atoms with Gasteiger partial charge in [-0.25, -0.2) is 5.06 Å². The SMILES string of the molecule is CCCCCCCCCCCCCC(=O)N(O)CCCCCCCCCC. The number of unbranched alkanes of at least 4 members (excludes halogenated alkanes) is 17. The number of carbonyl (C=O) groups is 1. The van der Waals surface area contributed by atoms with Crippen LogP contribution in [0, 0.1) is 0 Å². The number of nitrogens with zero attached hydrogens (tertiary/aromatic N) is 1. The zero-order valence-electron chi connectivity index (χ0n) is 18.7. The molecule has 162 valence electrons. The van der Waals surface area contributed by atoms with Crippen LogP contribution in [0.1, 0.15) is 142 Å². The highest BCUT2D eigenvalue weighted by molar-refractivity contribution is 5.74. The van der Waals surface area contributed by atoms with Crippen molar-refractivity contribution in [3.05, 3.63) is 0 Å². The molecular formula is C24H49NO2. The van der Waals surface area contributed by atoms with Crippen molar-refractivity contribution in [2.45, 2.75) is 142 Å². The molecule has 0 saturated carbocycles. The van der Waals surface area contributed by atoms with Crippen molar-refractivity contribution in [2.24, 2.45) is 0 Å². The van der Waals surface area contributed by atoms with Crippen molar-refractivity contribution < 1.29 is 10.0 Å². The molecule has 0 heterocycles. The summed E-state index contributed by atoms with van der Waals surface area (Å²) in [5, 5.41) is 10.8. The summed E-state index contributed by atoms with van der Waals surface area (Å²) in [6.07, 6.45) is 24.5. The van der Waals surface area contributed by atoms with Gasteiger partial charge in [-0.2, -0.15) is 0 Å². The number of carbonyl (C=O) groups excluding carboxylic acids is 1. The molecule has 0 unspecified atom stereocenters. The predicted molar refractivity (Wildman–Crippen MR) is 117 cm³/mol. The quantitative estimate of drug-likeness (QED) is 0.124. The summed E-state index contributed by atoms with van der Waals surface area (Å²) < 4.78 is 0. The Morgan fingerprint density at radius 1 is 0.556 bits per heavy atom. The summed E-state index contributed by atoms with van der Waals surface area (Å²) in [6, 6.07) is 0. The van der Waals surface area contributed by atoms with E-state index in [0.717, 1.165) is 30.7 Å². The first-order valence-corrected chi connectivity index (χ1v) is 12.2. The monoisotopic (exact) mass is 383 g/mol. The van der Waals surface area contributed by atoms with E-state index in [1.54, 1.807) is 0 Å². The largest absolute Gasteiger partial charge is 0.286 e. The number of hydroxylamine groups is 2. The average Bonchev–Trinajstić information content (AvgIpc) is 2.67. The molecule has 27 heavy (non-hydrogen) atoms. The summed E-state index contributed by atoms with van der Waals surface area (Å²) >= 11 is 0. The maximum atomic E-state index is 11.9. The van der Waals surface area contributed by atoms with Crippen molar-refractivity contribution >= 4 is 5.91 Å². The summed E-state index contributed by atoms with van der Waals surface area (Å²) in [6.45, 7) is 5.01. The molecule has 0 atom stereocenters. The van der Waals surface area contributed by atoms with E-state index in [2.05, 4.69) is 13.8 Å². The van der Waals surface area contributed by atoms with Crippen LogP contribution in [-0.4, -0.2) is 22.7 Å². The minimum atomic E-state index is -0.0890. The van der Waals surface area contributed by atoms with Gasteiger partial charge in [0, 0.05) is 13.0 Å². The van der Waals surface area contributed by atoms with Crippen molar-refractivity contribution in [1.82, 2.24) is 5.06 Å². The maximum Gasteiger partial charge on any atom is 0.245 e. The fourth-order valence-corrected chi connectivity index (χ4v) is 3.59. The zero-order valence-corrected chi connectivity index (χ0v) is 18.7. The molecule has 0 aromatic heterocycles. The van der Waals surface area contributed by atoms with Gasteiger partial charge in [0.2, 0.25) is 5.91 Å². The van der Waals surface area contributed by atoms with Gasteiger partial charge < -0.3 is 0 Å². The Morgan fingerprint density at radius 2 is 0.889 bits per heavy atom. The van der Waals surface area contributed by atoms with Crippen LogP contribution in [0.3, 0.4) is 0 Å². The first-order chi connectivity index (χ1) is 13.2. The molecule has 3 nitrogen and oxygen atoms in total. The number of rotatable bonds is 21. The van der Waals surface area contributed by atoms with Crippen LogP contribution >= 0.6 is 0 Å². The molecule has 0 aliphatic carbocycles. The standard InChI is InChI=1S/C24H49NO2/c1-3-5-7-9-11-13-14-15-16-18-20-22-24(26)25(27)23-21-19-17-12-10-8-6-4-2/h27H,3-23H2,1-2H3. The van der Waals surface area contributed by atoms with Crippen LogP contribution in [0.5, 0.6) is 0 Å². The van der Waals surface area contributed by atoms with E-state index < -0.39 is 0 Å². The third-order valence-electron chi connectivity index (χ3n) is 5.51. The highest BCUT2D eigenvalue weighted by Gasteiger charge is 2.09. The maximum absolute atomic E-state index is 11.9. The van der Waals surface area contributed by atoms with E-state index in [4.69, 9.17) is 0 Å². The lowest BCUT2D eigenvalue weighted by Crippen LogP contribution is -2.28. The first kappa shape index (κ1) is 26.4. The second-order valence-electron chi connectivity index (χ2n) is 8.28. The van der Waals surface area contributed by atoms with Gasteiger partial charge in [0.15, 0.2) is 0 Å². The van der Waals surface area contributed by atoms with Crippen LogP contribution in [0.4, 0.5) is 0 Å². The van der Waals surface area contributed by atoms with Crippen LogP contribution in [0.25, 0.3) is 0 Å². The Bertz CT molecular complexity index is 307. The molecular weight excluding hydrogens is 334 g/mol. The van der Waals surface area contributed by atoms with E-state index >= 15 is 0 Å². The second kappa shape index (κ2) is 21.7. The topological polar surface area (TPSA) is 40.5 Å². The molecule has 3 heteroatoms. The molecule has 1 N–H and O–H groups in total. The molecule has 0 rings (SSSR count). The minimum absolute atomic E-state index is 0.0890. The second-order valence-corrected chi connectivity index (χ2v) is 8.28. The third kappa shape index (κ3) is 20.0. The Kier molecular flexibility index (Phi) is 21.3. The third-order valence-corrected chi connectivity index (χ3v) is 5.51. The molecule has 0 aromatic rings. The van der Waals surface area contributed by atoms with Gasteiger partial charge in [0.25, 0.3) is 0 Å². The minimum Gasteiger partial charge on any atom is -0.286 e. The zero-order chi connectivity index (χ0) is 20.0. The molecule has 1 amide bonds. The lowest BCUT2D eigenvalue weighted by atomic mass is 10.1. The fourth-order valence-electron chi connectivity index (χ4n) is 3.59. The molecule has 0 aromatic carbocycles. The molecule has 0 radical (unpaired) electrons. The van der Waals surface area contributed by atoms with Gasteiger partial charge in [-0.1, -0.05) is 123 Å². The molecule has 0 spiro atoms. The van der Waals surface area contributed by atoms with Crippen molar-refractivity contribution in [3.63, 3.8) is 0 Å². The van der Waals surface area contributed by atoms with Crippen molar-refractivity contribution in [2.75, 3.05) is 6.54 Å². The van der Waals surface area contributed by atoms with E-state index in [0.29, 0.717) is 13.0 Å². The average molecular weight is 384 g/mol. The van der Waals surface area contributed by atoms with Crippen molar-refractivity contribution in [1.29, 1.82) is 0 Å². The van der Waals surface area contributed by atoms with Gasteiger partial charge in [0.1, 0.15) is 0 Å². The molecule has 0 aliphatic heterocycles. The summed E-state index contributed by atoms with van der Waals surface area (Å²) in [5.74, 6) is -0.0890. The lowest BCUT2D eigenvalue weighted by Gasteiger charge is -2.14. The van der Waals surface area contributed by atoms with Crippen LogP contribution in [0.15, 0.2) is 0 Å². The first-order valence-electron chi connectivity index (χ1n) is 12.2. The van der Waals surface area contributed by atoms with Gasteiger partial charge in [-0.15, -0.1) is 0 Å². The predicted octanol–water partition coefficient (Wildman–Crippen LogP) is 8.05. The van der Waals surface area contributed by atoms with Crippen LogP contribution < -0.4 is 0 Å². The summed E-state index contributed by atoms with van der Waals surface area (Å²) in [4.78, 5) is 11.9. The van der Waals surface area contributed by atoms with E-state index in [-0.39, 0.29) is 5.91 Å². The number of hydrogen-bond donors (Lipinski definition) is 1. The van der Waals surface area contributed by atoms with Crippen LogP contribution in [0.2, 0.25) is 0 Å². The highest BCUT2D eigenvalue weighted by atomic mass is 16.5. The number of amides is 1. The molecule has 0 bridgehead atoms. The Labute approximate surface area is 170 Å². The normalized spacial score (nSPS) is 11.1. The Balaban J connectivity index is 3.31. The molecule has 0 fully saturated rings. The van der Waals surface area contributed by atoms with E-state index in [1.807, 2.05) is 0 Å². The van der Waals surface area contributed by atoms with Gasteiger partial charge in [0.05, 0.1) is 0 Å². The van der Waals surface area contributed by atoms with Gasteiger partial charge >= 0.3 is 0 Å². The summed E-state index contributed by atoms with van der Waals surface area (Å²) in [7, 11) is 0. The molecule has 0 saturated heterocycles. The lowest BCUT2D eigenvalue weighted by molar-refractivity contribution is -0.165. The van der Waals surface area contributed by atoms with E-state index in [9.17, 15) is 10.0 Å².